The van der Waals surface area contributed by atoms with Gasteiger partial charge in [-0.1, -0.05) is 85.0 Å². The van der Waals surface area contributed by atoms with E-state index in [1.54, 1.807) is 42.5 Å². The number of nitrogens with one attached hydrogen (secondary N) is 1. The van der Waals surface area contributed by atoms with Gasteiger partial charge in [-0.15, -0.1) is 0 Å². The highest BCUT2D eigenvalue weighted by molar-refractivity contribution is 6.15. The lowest BCUT2D eigenvalue weighted by Gasteiger charge is -2.35. The average Bonchev–Trinajstić information content (AvgIpc) is 3.52. The van der Waals surface area contributed by atoms with E-state index in [1.165, 1.54) is 0 Å². The van der Waals surface area contributed by atoms with Crippen LogP contribution >= 0.6 is 0 Å². The van der Waals surface area contributed by atoms with Gasteiger partial charge >= 0.3 is 0 Å². The van der Waals surface area contributed by atoms with Crippen LogP contribution in [0.4, 0.5) is 20.2 Å². The second kappa shape index (κ2) is 12.3. The molecule has 43 heavy (non-hydrogen) atoms. The Morgan fingerprint density at radius 3 is 2.33 bits per heavy atom. The van der Waals surface area contributed by atoms with Crippen molar-refractivity contribution in [1.29, 1.82) is 0 Å². The molecule has 1 amide bonds. The number of allylic oxidation sites excluding steroid dienone is 1. The number of halogens is 2. The molecule has 6 rings (SSSR count). The van der Waals surface area contributed by atoms with Gasteiger partial charge in [-0.05, 0) is 49.7 Å². The van der Waals surface area contributed by atoms with Gasteiger partial charge in [-0.25, -0.2) is 13.6 Å². The molecule has 1 N–H and O–H groups in total. The summed E-state index contributed by atoms with van der Waals surface area (Å²) in [5.74, 6) is -1.30. The third-order valence-electron chi connectivity index (χ3n) is 8.38. The monoisotopic (exact) mass is 577 g/mol. The quantitative estimate of drug-likeness (QED) is 0.328. The Morgan fingerprint density at radius 1 is 0.930 bits per heavy atom. The van der Waals surface area contributed by atoms with E-state index in [2.05, 4.69) is 16.2 Å². The summed E-state index contributed by atoms with van der Waals surface area (Å²) in [6, 6.07) is 24.8. The fraction of sp³-hybridized carbons (Fsp3) is 0.250. The van der Waals surface area contributed by atoms with Crippen LogP contribution < -0.4 is 10.2 Å². The summed E-state index contributed by atoms with van der Waals surface area (Å²) in [6.07, 6.45) is 6.89. The lowest BCUT2D eigenvalue weighted by atomic mass is 9.84. The van der Waals surface area contributed by atoms with E-state index in [0.717, 1.165) is 25.9 Å². The number of hydrogen-bond donors (Lipinski definition) is 1. The molecule has 1 fully saturated rings. The minimum Gasteiger partial charge on any atom is -0.359 e. The average molecular weight is 578 g/mol. The number of amides is 1. The minimum absolute atomic E-state index is 0.0128. The highest BCUT2D eigenvalue weighted by Crippen LogP contribution is 2.45. The van der Waals surface area contributed by atoms with Crippen LogP contribution in [0.25, 0.3) is 11.1 Å². The van der Waals surface area contributed by atoms with Gasteiger partial charge in [0.15, 0.2) is 0 Å². The van der Waals surface area contributed by atoms with Crippen molar-refractivity contribution < 1.29 is 18.4 Å². The molecule has 2 aliphatic heterocycles. The maximum absolute atomic E-state index is 15.8. The Hall–Kier alpha value is -4.58. The second-order valence-electron chi connectivity index (χ2n) is 11.1. The first kappa shape index (κ1) is 28.5. The molecule has 3 aromatic rings. The number of carbonyl (C=O) groups excluding carboxylic acids is 2. The molecule has 0 aromatic heterocycles. The second-order valence-corrected chi connectivity index (χ2v) is 11.1. The van der Waals surface area contributed by atoms with Crippen LogP contribution in [0.5, 0.6) is 0 Å². The van der Waals surface area contributed by atoms with Crippen molar-refractivity contribution in [2.45, 2.75) is 31.2 Å². The van der Waals surface area contributed by atoms with Crippen molar-refractivity contribution in [3.63, 3.8) is 0 Å². The van der Waals surface area contributed by atoms with Gasteiger partial charge < -0.3 is 10.2 Å². The third kappa shape index (κ3) is 5.87. The summed E-state index contributed by atoms with van der Waals surface area (Å²) in [6.45, 7) is 2.32. The Kier molecular flexibility index (Phi) is 8.19. The Labute approximate surface area is 250 Å². The number of benzene rings is 3. The highest BCUT2D eigenvalue weighted by Gasteiger charge is 2.42. The Balaban J connectivity index is 1.41. The van der Waals surface area contributed by atoms with Crippen LogP contribution in [0.15, 0.2) is 114 Å². The van der Waals surface area contributed by atoms with E-state index in [4.69, 9.17) is 0 Å². The number of nitrogens with zero attached hydrogens (tertiary/aromatic N) is 2. The molecule has 1 atom stereocenters. The maximum Gasteiger partial charge on any atom is 0.275 e. The van der Waals surface area contributed by atoms with Gasteiger partial charge in [0.25, 0.3) is 11.8 Å². The molecule has 7 heteroatoms. The molecule has 0 bridgehead atoms. The van der Waals surface area contributed by atoms with Crippen molar-refractivity contribution in [1.82, 2.24) is 4.90 Å². The first-order valence-corrected chi connectivity index (χ1v) is 14.7. The predicted molar refractivity (Wildman–Crippen MR) is 168 cm³/mol. The molecule has 0 saturated carbocycles. The van der Waals surface area contributed by atoms with Crippen LogP contribution in [0.1, 0.15) is 30.4 Å². The molecule has 3 aliphatic rings. The van der Waals surface area contributed by atoms with E-state index in [0.29, 0.717) is 40.2 Å². The molecule has 1 unspecified atom stereocenters. The molecule has 218 valence electrons. The standard InChI is InChI=1S/C36H33F2N3O2/c37-36(38)20-24-41(32-16-8-7-15-28(32)31(36)19-23-40-21-9-10-22-40)33-18-17-29(35(43)39-27-13-5-2-6-14-27)34(30(33)25-42)26-11-3-1-4-12-26/h1-8,11-19,33H,9-10,20-24H2,(H,39,43). The molecular formula is C36H33F2N3O2. The SMILES string of the molecule is O=C=C1C(c2ccccc2)=C(C(=O)Nc2ccccc2)C=CC1N1CCC(F)(F)C(=CCN2CCCC2)c2ccccc21. The van der Waals surface area contributed by atoms with Gasteiger partial charge in [0.1, 0.15) is 5.94 Å². The van der Waals surface area contributed by atoms with Gasteiger partial charge in [-0.2, -0.15) is 0 Å². The number of rotatable bonds is 6. The van der Waals surface area contributed by atoms with Crippen LogP contribution in [0.2, 0.25) is 0 Å². The highest BCUT2D eigenvalue weighted by atomic mass is 19.3. The largest absolute Gasteiger partial charge is 0.359 e. The van der Waals surface area contributed by atoms with Gasteiger partial charge in [0, 0.05) is 53.2 Å². The maximum atomic E-state index is 15.8. The van der Waals surface area contributed by atoms with Crippen LogP contribution in [-0.4, -0.2) is 54.9 Å². The lowest BCUT2D eigenvalue weighted by molar-refractivity contribution is -0.112. The summed E-state index contributed by atoms with van der Waals surface area (Å²) < 4.78 is 31.7. The van der Waals surface area contributed by atoms with Gasteiger partial charge in [0.05, 0.1) is 11.6 Å². The van der Waals surface area contributed by atoms with Crippen molar-refractivity contribution in [2.75, 3.05) is 36.4 Å². The van der Waals surface area contributed by atoms with Crippen molar-refractivity contribution in [3.05, 3.63) is 125 Å². The summed E-state index contributed by atoms with van der Waals surface area (Å²) >= 11 is 0. The van der Waals surface area contributed by atoms with Crippen molar-refractivity contribution in [2.24, 2.45) is 0 Å². The lowest BCUT2D eigenvalue weighted by Crippen LogP contribution is -2.39. The van der Waals surface area contributed by atoms with E-state index in [1.807, 2.05) is 65.6 Å². The van der Waals surface area contributed by atoms with Gasteiger partial charge in [-0.3, -0.25) is 9.69 Å². The minimum atomic E-state index is -3.05. The predicted octanol–water partition coefficient (Wildman–Crippen LogP) is 6.80. The number of carbonyl (C=O) groups is 1. The molecule has 3 aromatic carbocycles. The smallest absolute Gasteiger partial charge is 0.275 e. The molecule has 5 nitrogen and oxygen atoms in total. The topological polar surface area (TPSA) is 52.7 Å². The third-order valence-corrected chi connectivity index (χ3v) is 8.38. The summed E-state index contributed by atoms with van der Waals surface area (Å²) in [5.41, 5.74) is 3.38. The zero-order chi connectivity index (χ0) is 29.8. The first-order valence-electron chi connectivity index (χ1n) is 14.7. The number of fused-ring (bicyclic) bond motifs is 1. The van der Waals surface area contributed by atoms with E-state index < -0.39 is 18.4 Å². The Bertz CT molecular complexity index is 1630. The molecule has 0 spiro atoms. The molecule has 0 radical (unpaired) electrons. The van der Waals surface area contributed by atoms with Gasteiger partial charge in [0.2, 0.25) is 0 Å². The van der Waals surface area contributed by atoms with Crippen LogP contribution in [-0.2, 0) is 9.59 Å². The zero-order valence-electron chi connectivity index (χ0n) is 23.8. The van der Waals surface area contributed by atoms with Crippen molar-refractivity contribution in [3.8, 4) is 0 Å². The fourth-order valence-corrected chi connectivity index (χ4v) is 6.25. The number of alkyl halides is 2. The number of para-hydroxylation sites is 2. The normalized spacial score (nSPS) is 21.0. The summed E-state index contributed by atoms with van der Waals surface area (Å²) in [7, 11) is 0. The van der Waals surface area contributed by atoms with E-state index in [9.17, 15) is 9.59 Å². The fourth-order valence-electron chi connectivity index (χ4n) is 6.25. The van der Waals surface area contributed by atoms with Crippen molar-refractivity contribution >= 4 is 34.4 Å². The summed E-state index contributed by atoms with van der Waals surface area (Å²) in [5, 5.41) is 2.91. The molecule has 1 aliphatic carbocycles. The van der Waals surface area contributed by atoms with E-state index in [-0.39, 0.29) is 23.6 Å². The Morgan fingerprint density at radius 2 is 1.60 bits per heavy atom. The zero-order valence-corrected chi connectivity index (χ0v) is 23.8. The number of hydrogen-bond acceptors (Lipinski definition) is 4. The van der Waals surface area contributed by atoms with E-state index >= 15 is 8.78 Å². The number of anilines is 2. The molecule has 2 heterocycles. The van der Waals surface area contributed by atoms with Crippen LogP contribution in [0, 0.1) is 0 Å². The van der Waals surface area contributed by atoms with Crippen LogP contribution in [0.3, 0.4) is 0 Å². The first-order chi connectivity index (χ1) is 21.0. The number of likely N-dealkylation sites (tertiary alicyclic amines) is 1. The molecular weight excluding hydrogens is 544 g/mol. The summed E-state index contributed by atoms with van der Waals surface area (Å²) in [4.78, 5) is 30.4. The molecule has 1 saturated heterocycles.